The number of aromatic nitrogens is 1. The first-order valence-corrected chi connectivity index (χ1v) is 6.79. The van der Waals surface area contributed by atoms with Gasteiger partial charge in [0.15, 0.2) is 0 Å². The van der Waals surface area contributed by atoms with E-state index in [1.165, 1.54) is 6.07 Å². The van der Waals surface area contributed by atoms with Crippen molar-refractivity contribution in [1.82, 2.24) is 4.98 Å². The summed E-state index contributed by atoms with van der Waals surface area (Å²) in [7, 11) is 0. The first-order chi connectivity index (χ1) is 11.1. The van der Waals surface area contributed by atoms with E-state index in [1.807, 2.05) is 6.92 Å². The molecule has 2 rings (SSSR count). The zero-order chi connectivity index (χ0) is 18.1. The predicted octanol–water partition coefficient (Wildman–Crippen LogP) is 3.67. The van der Waals surface area contributed by atoms with Crippen LogP contribution < -0.4 is 5.32 Å². The highest BCUT2D eigenvalue weighted by molar-refractivity contribution is 6.10. The molecule has 24 heavy (non-hydrogen) atoms. The molecule has 0 bridgehead atoms. The van der Waals surface area contributed by atoms with Gasteiger partial charge in [-0.3, -0.25) is 4.79 Å². The minimum absolute atomic E-state index is 0.122. The maximum Gasteiger partial charge on any atom is 0.416 e. The Morgan fingerprint density at radius 1 is 1.08 bits per heavy atom. The zero-order valence-corrected chi connectivity index (χ0v) is 12.7. The van der Waals surface area contributed by atoms with Gasteiger partial charge in [-0.05, 0) is 43.7 Å². The quantitative estimate of drug-likeness (QED) is 0.895. The van der Waals surface area contributed by atoms with Gasteiger partial charge in [0.05, 0.1) is 16.7 Å². The normalized spacial score (nSPS) is 11.2. The van der Waals surface area contributed by atoms with E-state index in [-0.39, 0.29) is 5.82 Å². The third kappa shape index (κ3) is 3.70. The van der Waals surface area contributed by atoms with Crippen molar-refractivity contribution in [2.75, 3.05) is 5.32 Å². The van der Waals surface area contributed by atoms with E-state index in [0.29, 0.717) is 17.8 Å². The molecule has 0 radical (unpaired) electrons. The average Bonchev–Trinajstić information content (AvgIpc) is 2.49. The molecule has 2 N–H and O–H groups in total. The molecule has 1 aromatic carbocycles. The Kier molecular flexibility index (Phi) is 4.59. The third-order valence-electron chi connectivity index (χ3n) is 3.41. The van der Waals surface area contributed by atoms with Gasteiger partial charge in [-0.15, -0.1) is 0 Å². The fourth-order valence-electron chi connectivity index (χ4n) is 1.98. The molecule has 0 aliphatic heterocycles. The summed E-state index contributed by atoms with van der Waals surface area (Å²) in [4.78, 5) is 27.5. The van der Waals surface area contributed by atoms with Crippen LogP contribution in [0, 0.1) is 13.8 Å². The van der Waals surface area contributed by atoms with E-state index in [2.05, 4.69) is 10.3 Å². The molecule has 0 spiro atoms. The number of rotatable bonds is 3. The number of nitrogens with one attached hydrogen (secondary N) is 1. The number of carbonyl (C=O) groups is 2. The molecule has 0 saturated heterocycles. The molecule has 0 unspecified atom stereocenters. The molecule has 0 aliphatic carbocycles. The maximum atomic E-state index is 12.8. The van der Waals surface area contributed by atoms with Crippen molar-refractivity contribution < 1.29 is 27.9 Å². The van der Waals surface area contributed by atoms with E-state index in [0.717, 1.165) is 11.6 Å². The number of benzene rings is 1. The predicted molar refractivity (Wildman–Crippen MR) is 80.1 cm³/mol. The fourth-order valence-corrected chi connectivity index (χ4v) is 1.98. The third-order valence-corrected chi connectivity index (χ3v) is 3.41. The Morgan fingerprint density at radius 2 is 1.75 bits per heavy atom. The van der Waals surface area contributed by atoms with E-state index in [1.54, 1.807) is 13.0 Å². The topological polar surface area (TPSA) is 79.3 Å². The van der Waals surface area contributed by atoms with Gasteiger partial charge in [0.2, 0.25) is 0 Å². The minimum Gasteiger partial charge on any atom is -0.478 e. The van der Waals surface area contributed by atoms with Gasteiger partial charge in [-0.2, -0.15) is 13.2 Å². The second-order valence-electron chi connectivity index (χ2n) is 5.12. The van der Waals surface area contributed by atoms with Crippen molar-refractivity contribution in [2.24, 2.45) is 0 Å². The standard InChI is InChI=1S/C16H13F3N2O3/c1-8-3-6-13(20-9(8)2)21-14(22)12-7-10(16(17,18)19)4-5-11(12)15(23)24/h3-7H,1-2H3,(H,23,24)(H,20,21,22). The number of amides is 1. The first-order valence-electron chi connectivity index (χ1n) is 6.79. The molecule has 126 valence electrons. The van der Waals surface area contributed by atoms with Crippen LogP contribution in [0.2, 0.25) is 0 Å². The second kappa shape index (κ2) is 6.31. The second-order valence-corrected chi connectivity index (χ2v) is 5.12. The lowest BCUT2D eigenvalue weighted by atomic mass is 10.0. The number of hydrogen-bond donors (Lipinski definition) is 2. The van der Waals surface area contributed by atoms with Crippen LogP contribution in [-0.4, -0.2) is 22.0 Å². The SMILES string of the molecule is Cc1ccc(NC(=O)c2cc(C(F)(F)F)ccc2C(=O)O)nc1C. The van der Waals surface area contributed by atoms with Gasteiger partial charge in [0.1, 0.15) is 5.82 Å². The fraction of sp³-hybridized carbons (Fsp3) is 0.188. The lowest BCUT2D eigenvalue weighted by Gasteiger charge is -2.12. The Bertz CT molecular complexity index is 817. The molecular weight excluding hydrogens is 325 g/mol. The summed E-state index contributed by atoms with van der Waals surface area (Å²) < 4.78 is 38.4. The van der Waals surface area contributed by atoms with Crippen LogP contribution in [0.1, 0.15) is 37.5 Å². The van der Waals surface area contributed by atoms with Gasteiger partial charge in [0, 0.05) is 5.69 Å². The number of aryl methyl sites for hydroxylation is 2. The molecular formula is C16H13F3N2O3. The van der Waals surface area contributed by atoms with Crippen molar-refractivity contribution in [3.8, 4) is 0 Å². The Balaban J connectivity index is 2.42. The molecule has 8 heteroatoms. The zero-order valence-electron chi connectivity index (χ0n) is 12.7. The van der Waals surface area contributed by atoms with E-state index < -0.39 is 34.7 Å². The van der Waals surface area contributed by atoms with Crippen molar-refractivity contribution in [3.63, 3.8) is 0 Å². The van der Waals surface area contributed by atoms with Gasteiger partial charge in [-0.1, -0.05) is 6.07 Å². The summed E-state index contributed by atoms with van der Waals surface area (Å²) in [6.45, 7) is 3.52. The summed E-state index contributed by atoms with van der Waals surface area (Å²) in [5, 5.41) is 11.4. The molecule has 0 atom stereocenters. The van der Waals surface area contributed by atoms with Gasteiger partial charge < -0.3 is 10.4 Å². The highest BCUT2D eigenvalue weighted by Gasteiger charge is 2.32. The van der Waals surface area contributed by atoms with Crippen molar-refractivity contribution in [2.45, 2.75) is 20.0 Å². The number of pyridine rings is 1. The van der Waals surface area contributed by atoms with Gasteiger partial charge >= 0.3 is 12.1 Å². The van der Waals surface area contributed by atoms with Crippen LogP contribution in [0.3, 0.4) is 0 Å². The monoisotopic (exact) mass is 338 g/mol. The van der Waals surface area contributed by atoms with E-state index >= 15 is 0 Å². The smallest absolute Gasteiger partial charge is 0.416 e. The van der Waals surface area contributed by atoms with Gasteiger partial charge in [0.25, 0.3) is 5.91 Å². The molecule has 1 heterocycles. The van der Waals surface area contributed by atoms with Crippen LogP contribution in [0.5, 0.6) is 0 Å². The number of nitrogens with zero attached hydrogens (tertiary/aromatic N) is 1. The Morgan fingerprint density at radius 3 is 2.29 bits per heavy atom. The number of halogens is 3. The number of aromatic carboxylic acids is 1. The van der Waals surface area contributed by atoms with Crippen LogP contribution in [0.15, 0.2) is 30.3 Å². The summed E-state index contributed by atoms with van der Waals surface area (Å²) >= 11 is 0. The Hall–Kier alpha value is -2.90. The summed E-state index contributed by atoms with van der Waals surface area (Å²) in [5.74, 6) is -2.35. The molecule has 1 aromatic heterocycles. The molecule has 0 saturated carbocycles. The van der Waals surface area contributed by atoms with Crippen molar-refractivity contribution >= 4 is 17.7 Å². The highest BCUT2D eigenvalue weighted by Crippen LogP contribution is 2.31. The number of alkyl halides is 3. The largest absolute Gasteiger partial charge is 0.478 e. The van der Waals surface area contributed by atoms with Crippen LogP contribution in [-0.2, 0) is 6.18 Å². The maximum absolute atomic E-state index is 12.8. The molecule has 5 nitrogen and oxygen atoms in total. The van der Waals surface area contributed by atoms with E-state index in [9.17, 15) is 22.8 Å². The summed E-state index contributed by atoms with van der Waals surface area (Å²) in [6, 6.07) is 5.05. The number of carboxylic acid groups (broad SMARTS) is 1. The summed E-state index contributed by atoms with van der Waals surface area (Å²) in [6.07, 6.45) is -4.69. The molecule has 0 aliphatic rings. The lowest BCUT2D eigenvalue weighted by Crippen LogP contribution is -2.19. The van der Waals surface area contributed by atoms with Gasteiger partial charge in [-0.25, -0.2) is 9.78 Å². The number of carboxylic acids is 1. The molecule has 0 fully saturated rings. The van der Waals surface area contributed by atoms with Crippen LogP contribution in [0.25, 0.3) is 0 Å². The highest BCUT2D eigenvalue weighted by atomic mass is 19.4. The van der Waals surface area contributed by atoms with E-state index in [4.69, 9.17) is 5.11 Å². The number of hydrogen-bond acceptors (Lipinski definition) is 3. The molecule has 2 aromatic rings. The van der Waals surface area contributed by atoms with Crippen LogP contribution >= 0.6 is 0 Å². The number of carbonyl (C=O) groups excluding carboxylic acids is 1. The summed E-state index contributed by atoms with van der Waals surface area (Å²) in [5.41, 5.74) is -0.707. The number of anilines is 1. The van der Waals surface area contributed by atoms with Crippen molar-refractivity contribution in [1.29, 1.82) is 0 Å². The molecule has 1 amide bonds. The lowest BCUT2D eigenvalue weighted by molar-refractivity contribution is -0.137. The average molecular weight is 338 g/mol. The first kappa shape index (κ1) is 17.5. The minimum atomic E-state index is -4.69. The van der Waals surface area contributed by atoms with Crippen LogP contribution in [0.4, 0.5) is 19.0 Å². The van der Waals surface area contributed by atoms with Crippen molar-refractivity contribution in [3.05, 3.63) is 58.3 Å². The Labute approximate surface area is 135 Å².